The zero-order valence-corrected chi connectivity index (χ0v) is 11.5. The summed E-state index contributed by atoms with van der Waals surface area (Å²) < 4.78 is 15.5. The molecule has 0 spiro atoms. The van der Waals surface area contributed by atoms with Gasteiger partial charge in [-0.2, -0.15) is 0 Å². The molecule has 0 aliphatic heterocycles. The van der Waals surface area contributed by atoms with E-state index in [1.54, 1.807) is 18.6 Å². The molecule has 100 valence electrons. The summed E-state index contributed by atoms with van der Waals surface area (Å²) in [6.07, 6.45) is 5.38. The summed E-state index contributed by atoms with van der Waals surface area (Å²) in [6.45, 7) is 4.03. The van der Waals surface area contributed by atoms with Crippen LogP contribution in [0.3, 0.4) is 0 Å². The van der Waals surface area contributed by atoms with E-state index in [0.29, 0.717) is 0 Å². The number of hydrogen-bond donors (Lipinski definition) is 0. The highest BCUT2D eigenvalue weighted by Crippen LogP contribution is 2.30. The maximum Gasteiger partial charge on any atom is 0.123 e. The van der Waals surface area contributed by atoms with Crippen LogP contribution in [0, 0.1) is 19.7 Å². The molecule has 3 aromatic rings. The second kappa shape index (κ2) is 4.93. The molecule has 0 fully saturated rings. The van der Waals surface area contributed by atoms with Crippen molar-refractivity contribution in [3.8, 4) is 16.8 Å². The van der Waals surface area contributed by atoms with E-state index in [0.717, 1.165) is 27.9 Å². The van der Waals surface area contributed by atoms with Gasteiger partial charge in [-0.25, -0.2) is 9.37 Å². The van der Waals surface area contributed by atoms with Gasteiger partial charge < -0.3 is 4.57 Å². The minimum atomic E-state index is -0.219. The summed E-state index contributed by atoms with van der Waals surface area (Å²) in [5.74, 6) is -0.219. The van der Waals surface area contributed by atoms with Crippen LogP contribution < -0.4 is 0 Å². The lowest BCUT2D eigenvalue weighted by Gasteiger charge is -2.14. The lowest BCUT2D eigenvalue weighted by molar-refractivity contribution is 0.628. The van der Waals surface area contributed by atoms with Crippen molar-refractivity contribution < 1.29 is 4.39 Å². The summed E-state index contributed by atoms with van der Waals surface area (Å²) in [5, 5.41) is 0. The number of imidazole rings is 1. The number of rotatable bonds is 2. The third-order valence-electron chi connectivity index (χ3n) is 3.42. The van der Waals surface area contributed by atoms with Crippen molar-refractivity contribution in [3.63, 3.8) is 0 Å². The molecular formula is C17H15FN2. The topological polar surface area (TPSA) is 17.8 Å². The molecule has 0 bridgehead atoms. The second-order valence-corrected chi connectivity index (χ2v) is 4.95. The number of hydrogen-bond acceptors (Lipinski definition) is 1. The van der Waals surface area contributed by atoms with Crippen LogP contribution in [0.5, 0.6) is 0 Å². The fourth-order valence-electron chi connectivity index (χ4n) is 2.38. The Morgan fingerprint density at radius 1 is 1.00 bits per heavy atom. The molecule has 0 N–H and O–H groups in total. The molecule has 3 rings (SSSR count). The normalized spacial score (nSPS) is 10.8. The second-order valence-electron chi connectivity index (χ2n) is 4.95. The van der Waals surface area contributed by atoms with Crippen LogP contribution in [0.1, 0.15) is 11.1 Å². The maximum atomic E-state index is 13.6. The lowest BCUT2D eigenvalue weighted by atomic mass is 9.97. The number of aryl methyl sites for hydroxylation is 2. The van der Waals surface area contributed by atoms with E-state index in [2.05, 4.69) is 11.1 Å². The average molecular weight is 266 g/mol. The van der Waals surface area contributed by atoms with Gasteiger partial charge in [0.1, 0.15) is 5.82 Å². The molecular weight excluding hydrogens is 251 g/mol. The van der Waals surface area contributed by atoms with Crippen molar-refractivity contribution in [2.24, 2.45) is 0 Å². The maximum absolute atomic E-state index is 13.6. The molecule has 2 aromatic carbocycles. The van der Waals surface area contributed by atoms with Crippen molar-refractivity contribution in [3.05, 3.63) is 72.1 Å². The first kappa shape index (κ1) is 12.6. The van der Waals surface area contributed by atoms with Crippen LogP contribution in [0.25, 0.3) is 16.8 Å². The summed E-state index contributed by atoms with van der Waals surface area (Å²) >= 11 is 0. The molecule has 0 radical (unpaired) electrons. The van der Waals surface area contributed by atoms with Gasteiger partial charge >= 0.3 is 0 Å². The average Bonchev–Trinajstić information content (AvgIpc) is 2.95. The van der Waals surface area contributed by atoms with E-state index in [9.17, 15) is 4.39 Å². The first-order valence-electron chi connectivity index (χ1n) is 6.50. The highest BCUT2D eigenvalue weighted by molar-refractivity contribution is 5.76. The van der Waals surface area contributed by atoms with Crippen LogP contribution in [0.15, 0.2) is 55.1 Å². The highest BCUT2D eigenvalue weighted by atomic mass is 19.1. The molecule has 2 nitrogen and oxygen atoms in total. The van der Waals surface area contributed by atoms with E-state index in [-0.39, 0.29) is 5.82 Å². The van der Waals surface area contributed by atoms with Crippen molar-refractivity contribution in [1.82, 2.24) is 9.55 Å². The Morgan fingerprint density at radius 2 is 1.85 bits per heavy atom. The summed E-state index contributed by atoms with van der Waals surface area (Å²) in [4.78, 5) is 4.08. The van der Waals surface area contributed by atoms with Gasteiger partial charge in [0.25, 0.3) is 0 Å². The van der Waals surface area contributed by atoms with Crippen molar-refractivity contribution in [2.75, 3.05) is 0 Å². The summed E-state index contributed by atoms with van der Waals surface area (Å²) in [7, 11) is 0. The molecule has 0 unspecified atom stereocenters. The standard InChI is InChI=1S/C17H15FN2/c1-12-3-6-17(20-8-7-19-11-20)16(9-12)15-10-14(18)5-4-13(15)2/h3-11H,1-2H3. The predicted octanol–water partition coefficient (Wildman–Crippen LogP) is 4.30. The van der Waals surface area contributed by atoms with Gasteiger partial charge in [-0.3, -0.25) is 0 Å². The summed E-state index contributed by atoms with van der Waals surface area (Å²) in [5.41, 5.74) is 5.13. The first-order chi connectivity index (χ1) is 9.65. The smallest absolute Gasteiger partial charge is 0.123 e. The number of benzene rings is 2. The van der Waals surface area contributed by atoms with Gasteiger partial charge in [-0.05, 0) is 49.2 Å². The van der Waals surface area contributed by atoms with Crippen LogP contribution in [0.2, 0.25) is 0 Å². The molecule has 0 saturated carbocycles. The number of aromatic nitrogens is 2. The van der Waals surface area contributed by atoms with E-state index in [4.69, 9.17) is 0 Å². The van der Waals surface area contributed by atoms with E-state index < -0.39 is 0 Å². The third kappa shape index (κ3) is 2.23. The van der Waals surface area contributed by atoms with Crippen molar-refractivity contribution in [1.29, 1.82) is 0 Å². The summed E-state index contributed by atoms with van der Waals surface area (Å²) in [6, 6.07) is 11.1. The molecule has 0 amide bonds. The van der Waals surface area contributed by atoms with Crippen LogP contribution in [-0.2, 0) is 0 Å². The Labute approximate surface area is 117 Å². The fraction of sp³-hybridized carbons (Fsp3) is 0.118. The first-order valence-corrected chi connectivity index (χ1v) is 6.50. The zero-order valence-electron chi connectivity index (χ0n) is 11.5. The van der Waals surface area contributed by atoms with Gasteiger partial charge in [-0.15, -0.1) is 0 Å². The van der Waals surface area contributed by atoms with Gasteiger partial charge in [0.15, 0.2) is 0 Å². The Balaban J connectivity index is 2.27. The molecule has 20 heavy (non-hydrogen) atoms. The molecule has 0 aliphatic rings. The van der Waals surface area contributed by atoms with Gasteiger partial charge in [0.2, 0.25) is 0 Å². The van der Waals surface area contributed by atoms with Crippen molar-refractivity contribution >= 4 is 0 Å². The van der Waals surface area contributed by atoms with Gasteiger partial charge in [-0.1, -0.05) is 17.7 Å². The molecule has 0 saturated heterocycles. The minimum Gasteiger partial charge on any atom is -0.306 e. The minimum absolute atomic E-state index is 0.219. The Bertz CT molecular complexity index is 746. The molecule has 3 heteroatoms. The zero-order chi connectivity index (χ0) is 14.1. The predicted molar refractivity (Wildman–Crippen MR) is 78.4 cm³/mol. The van der Waals surface area contributed by atoms with Crippen molar-refractivity contribution in [2.45, 2.75) is 13.8 Å². The molecule has 1 heterocycles. The highest BCUT2D eigenvalue weighted by Gasteiger charge is 2.10. The largest absolute Gasteiger partial charge is 0.306 e. The van der Waals surface area contributed by atoms with Gasteiger partial charge in [0.05, 0.1) is 12.0 Å². The SMILES string of the molecule is Cc1ccc(-n2ccnc2)c(-c2cc(F)ccc2C)c1. The van der Waals surface area contributed by atoms with E-state index >= 15 is 0 Å². The van der Waals surface area contributed by atoms with E-state index in [1.807, 2.05) is 42.8 Å². The van der Waals surface area contributed by atoms with Gasteiger partial charge in [0, 0.05) is 18.0 Å². The molecule has 1 aromatic heterocycles. The van der Waals surface area contributed by atoms with Crippen LogP contribution in [0.4, 0.5) is 4.39 Å². The fourth-order valence-corrected chi connectivity index (χ4v) is 2.38. The Kier molecular flexibility index (Phi) is 3.11. The molecule has 0 aliphatic carbocycles. The quantitative estimate of drug-likeness (QED) is 0.676. The number of nitrogens with zero attached hydrogens (tertiary/aromatic N) is 2. The Morgan fingerprint density at radius 3 is 2.60 bits per heavy atom. The van der Waals surface area contributed by atoms with Crippen LogP contribution >= 0.6 is 0 Å². The lowest BCUT2D eigenvalue weighted by Crippen LogP contribution is -1.96. The van der Waals surface area contributed by atoms with Crippen LogP contribution in [-0.4, -0.2) is 9.55 Å². The third-order valence-corrected chi connectivity index (χ3v) is 3.42. The monoisotopic (exact) mass is 266 g/mol. The van der Waals surface area contributed by atoms with E-state index in [1.165, 1.54) is 6.07 Å². The molecule has 0 atom stereocenters. The number of halogens is 1. The Hall–Kier alpha value is -2.42.